The van der Waals surface area contributed by atoms with E-state index < -0.39 is 0 Å². The molecule has 0 unspecified atom stereocenters. The molecule has 0 radical (unpaired) electrons. The molecule has 88 valence electrons. The summed E-state index contributed by atoms with van der Waals surface area (Å²) >= 11 is 5.90. The smallest absolute Gasteiger partial charge is 0.220 e. The van der Waals surface area contributed by atoms with Crippen LogP contribution in [0.2, 0.25) is 5.02 Å². The second-order valence-electron chi connectivity index (χ2n) is 3.38. The zero-order chi connectivity index (χ0) is 11.8. The molecule has 4 heteroatoms. The minimum Gasteiger partial charge on any atom is -0.490 e. The Kier molecular flexibility index (Phi) is 5.72. The van der Waals surface area contributed by atoms with Crippen LogP contribution in [-0.2, 0) is 4.79 Å². The lowest BCUT2D eigenvalue weighted by molar-refractivity contribution is -0.121. The first kappa shape index (κ1) is 12.8. The van der Waals surface area contributed by atoms with Crippen LogP contribution in [0.15, 0.2) is 24.3 Å². The van der Waals surface area contributed by atoms with Crippen LogP contribution in [0.3, 0.4) is 0 Å². The molecular weight excluding hydrogens is 226 g/mol. The highest BCUT2D eigenvalue weighted by Crippen LogP contribution is 2.22. The van der Waals surface area contributed by atoms with Gasteiger partial charge in [-0.25, -0.2) is 0 Å². The lowest BCUT2D eigenvalue weighted by Crippen LogP contribution is -2.27. The molecule has 1 aromatic rings. The third kappa shape index (κ3) is 4.53. The fourth-order valence-electron chi connectivity index (χ4n) is 1.23. The van der Waals surface area contributed by atoms with Crippen molar-refractivity contribution in [2.24, 2.45) is 0 Å². The van der Waals surface area contributed by atoms with E-state index in [-0.39, 0.29) is 5.91 Å². The first-order valence-electron chi connectivity index (χ1n) is 5.38. The summed E-state index contributed by atoms with van der Waals surface area (Å²) < 4.78 is 5.42. The molecule has 16 heavy (non-hydrogen) atoms. The van der Waals surface area contributed by atoms with Gasteiger partial charge in [-0.05, 0) is 18.6 Å². The predicted octanol–water partition coefficient (Wildman–Crippen LogP) is 2.64. The maximum absolute atomic E-state index is 11.1. The maximum atomic E-state index is 11.1. The third-order valence-corrected chi connectivity index (χ3v) is 2.31. The van der Waals surface area contributed by atoms with Gasteiger partial charge in [-0.1, -0.05) is 30.7 Å². The normalized spacial score (nSPS) is 9.88. The number of benzene rings is 1. The Morgan fingerprint density at radius 3 is 2.88 bits per heavy atom. The monoisotopic (exact) mass is 241 g/mol. The van der Waals surface area contributed by atoms with Crippen LogP contribution in [0.1, 0.15) is 19.8 Å². The van der Waals surface area contributed by atoms with Gasteiger partial charge in [0.2, 0.25) is 5.91 Å². The first-order valence-corrected chi connectivity index (χ1v) is 5.76. The van der Waals surface area contributed by atoms with Crippen LogP contribution in [0.5, 0.6) is 5.75 Å². The highest BCUT2D eigenvalue weighted by Gasteiger charge is 2.00. The summed E-state index contributed by atoms with van der Waals surface area (Å²) in [4.78, 5) is 11.1. The third-order valence-electron chi connectivity index (χ3n) is 2.00. The number of carbonyl (C=O) groups excluding carboxylic acids is 1. The maximum Gasteiger partial charge on any atom is 0.220 e. The second-order valence-corrected chi connectivity index (χ2v) is 3.79. The van der Waals surface area contributed by atoms with Crippen molar-refractivity contribution in [2.75, 3.05) is 13.2 Å². The second kappa shape index (κ2) is 7.12. The lowest BCUT2D eigenvalue weighted by atomic mass is 10.3. The molecule has 0 spiro atoms. The molecule has 3 nitrogen and oxygen atoms in total. The summed E-state index contributed by atoms with van der Waals surface area (Å²) in [7, 11) is 0. The molecule has 0 fully saturated rings. The molecule has 0 aromatic heterocycles. The Morgan fingerprint density at radius 1 is 1.44 bits per heavy atom. The van der Waals surface area contributed by atoms with E-state index in [1.54, 1.807) is 12.1 Å². The molecule has 0 aliphatic rings. The average molecular weight is 242 g/mol. The number of halogens is 1. The highest BCUT2D eigenvalue weighted by atomic mass is 35.5. The molecule has 0 heterocycles. The Morgan fingerprint density at radius 2 is 2.19 bits per heavy atom. The van der Waals surface area contributed by atoms with Crippen LogP contribution in [0.25, 0.3) is 0 Å². The van der Waals surface area contributed by atoms with Crippen LogP contribution in [0, 0.1) is 0 Å². The van der Waals surface area contributed by atoms with Gasteiger partial charge < -0.3 is 10.1 Å². The van der Waals surface area contributed by atoms with Crippen molar-refractivity contribution in [3.05, 3.63) is 29.3 Å². The van der Waals surface area contributed by atoms with Gasteiger partial charge in [-0.3, -0.25) is 4.79 Å². The van der Waals surface area contributed by atoms with Crippen LogP contribution in [-0.4, -0.2) is 19.1 Å². The van der Waals surface area contributed by atoms with E-state index in [0.29, 0.717) is 30.3 Å². The zero-order valence-electron chi connectivity index (χ0n) is 9.33. The number of ether oxygens (including phenoxy) is 1. The summed E-state index contributed by atoms with van der Waals surface area (Å²) in [6.07, 6.45) is 1.42. The van der Waals surface area contributed by atoms with Gasteiger partial charge in [0.1, 0.15) is 12.4 Å². The van der Waals surface area contributed by atoms with Gasteiger partial charge in [0.15, 0.2) is 0 Å². The number of para-hydroxylation sites is 1. The van der Waals surface area contributed by atoms with Crippen LogP contribution < -0.4 is 10.1 Å². The Hall–Kier alpha value is -1.22. The highest BCUT2D eigenvalue weighted by molar-refractivity contribution is 6.32. The van der Waals surface area contributed by atoms with E-state index in [1.165, 1.54) is 0 Å². The van der Waals surface area contributed by atoms with Crippen molar-refractivity contribution in [1.29, 1.82) is 0 Å². The molecule has 0 aliphatic carbocycles. The molecule has 1 aromatic carbocycles. The quantitative estimate of drug-likeness (QED) is 0.778. The Bertz CT molecular complexity index is 342. The number of hydrogen-bond acceptors (Lipinski definition) is 2. The molecule has 1 N–H and O–H groups in total. The van der Waals surface area contributed by atoms with Gasteiger partial charge in [-0.2, -0.15) is 0 Å². The van der Waals surface area contributed by atoms with Crippen LogP contribution >= 0.6 is 11.6 Å². The van der Waals surface area contributed by atoms with Gasteiger partial charge in [-0.15, -0.1) is 0 Å². The van der Waals surface area contributed by atoms with Crippen molar-refractivity contribution in [3.63, 3.8) is 0 Å². The molecule has 0 bridgehead atoms. The fourth-order valence-corrected chi connectivity index (χ4v) is 1.42. The fraction of sp³-hybridized carbons (Fsp3) is 0.417. The zero-order valence-corrected chi connectivity index (χ0v) is 10.1. The van der Waals surface area contributed by atoms with E-state index in [0.717, 1.165) is 6.42 Å². The molecule has 0 saturated carbocycles. The molecule has 0 aliphatic heterocycles. The Balaban J connectivity index is 2.21. The van der Waals surface area contributed by atoms with E-state index >= 15 is 0 Å². The van der Waals surface area contributed by atoms with Crippen molar-refractivity contribution >= 4 is 17.5 Å². The summed E-state index contributed by atoms with van der Waals surface area (Å²) in [5.41, 5.74) is 0. The lowest BCUT2D eigenvalue weighted by Gasteiger charge is -2.08. The average Bonchev–Trinajstić information content (AvgIpc) is 2.27. The van der Waals surface area contributed by atoms with Gasteiger partial charge in [0, 0.05) is 6.42 Å². The largest absolute Gasteiger partial charge is 0.490 e. The van der Waals surface area contributed by atoms with Crippen molar-refractivity contribution in [1.82, 2.24) is 5.32 Å². The minimum atomic E-state index is 0.0604. The van der Waals surface area contributed by atoms with Gasteiger partial charge in [0.05, 0.1) is 11.6 Å². The summed E-state index contributed by atoms with van der Waals surface area (Å²) in [5.74, 6) is 0.708. The molecular formula is C12H16ClNO2. The van der Waals surface area contributed by atoms with E-state index in [9.17, 15) is 4.79 Å². The summed E-state index contributed by atoms with van der Waals surface area (Å²) in [6, 6.07) is 7.28. The SMILES string of the molecule is CCCC(=O)NCCOc1ccccc1Cl. The van der Waals surface area contributed by atoms with E-state index in [2.05, 4.69) is 5.32 Å². The number of rotatable bonds is 6. The van der Waals surface area contributed by atoms with Crippen molar-refractivity contribution in [2.45, 2.75) is 19.8 Å². The summed E-state index contributed by atoms with van der Waals surface area (Å²) in [6.45, 7) is 2.91. The number of amides is 1. The first-order chi connectivity index (χ1) is 7.74. The number of nitrogens with one attached hydrogen (secondary N) is 1. The molecule has 1 rings (SSSR count). The molecule has 1 amide bonds. The van der Waals surface area contributed by atoms with E-state index in [4.69, 9.17) is 16.3 Å². The van der Waals surface area contributed by atoms with Gasteiger partial charge in [0.25, 0.3) is 0 Å². The number of carbonyl (C=O) groups is 1. The van der Waals surface area contributed by atoms with Gasteiger partial charge >= 0.3 is 0 Å². The minimum absolute atomic E-state index is 0.0604. The number of hydrogen-bond donors (Lipinski definition) is 1. The molecule has 0 saturated heterocycles. The van der Waals surface area contributed by atoms with Crippen LogP contribution in [0.4, 0.5) is 0 Å². The standard InChI is InChI=1S/C12H16ClNO2/c1-2-5-12(15)14-8-9-16-11-7-4-3-6-10(11)13/h3-4,6-7H,2,5,8-9H2,1H3,(H,14,15). The topological polar surface area (TPSA) is 38.3 Å². The van der Waals surface area contributed by atoms with Crippen molar-refractivity contribution < 1.29 is 9.53 Å². The Labute approximate surface area is 101 Å². The van der Waals surface area contributed by atoms with E-state index in [1.807, 2.05) is 19.1 Å². The summed E-state index contributed by atoms with van der Waals surface area (Å²) in [5, 5.41) is 3.35. The molecule has 0 atom stereocenters. The predicted molar refractivity (Wildman–Crippen MR) is 64.9 cm³/mol. The van der Waals surface area contributed by atoms with Crippen molar-refractivity contribution in [3.8, 4) is 5.75 Å².